The number of carbonyl (C=O) groups excluding carboxylic acids is 1. The number of carbonyl (C=O) groups is 1. The zero-order valence-electron chi connectivity index (χ0n) is 10.2. The van der Waals surface area contributed by atoms with Crippen LogP contribution in [0.25, 0.3) is 0 Å². The van der Waals surface area contributed by atoms with E-state index in [0.29, 0.717) is 0 Å². The summed E-state index contributed by atoms with van der Waals surface area (Å²) in [6.07, 6.45) is 0. The minimum absolute atomic E-state index is 0.0149. The standard InChI is InChI=1S/C12H18N2O2/c1-8-9(2)11(16-4)6-5-10(8)14(3)12(15)7-13/h5-6H,7,13H2,1-4H3. The Kier molecular flexibility index (Phi) is 3.90. The summed E-state index contributed by atoms with van der Waals surface area (Å²) >= 11 is 0. The maximum atomic E-state index is 11.5. The largest absolute Gasteiger partial charge is 0.496 e. The molecule has 0 fully saturated rings. The molecule has 1 aromatic rings. The Morgan fingerprint density at radius 3 is 2.50 bits per heavy atom. The van der Waals surface area contributed by atoms with Crippen molar-refractivity contribution in [3.8, 4) is 5.75 Å². The predicted octanol–water partition coefficient (Wildman–Crippen LogP) is 1.23. The average molecular weight is 222 g/mol. The number of rotatable bonds is 3. The van der Waals surface area contributed by atoms with Crippen LogP contribution in [0.15, 0.2) is 12.1 Å². The highest BCUT2D eigenvalue weighted by molar-refractivity contribution is 5.95. The lowest BCUT2D eigenvalue weighted by Crippen LogP contribution is -2.33. The zero-order chi connectivity index (χ0) is 12.3. The van der Waals surface area contributed by atoms with Gasteiger partial charge < -0.3 is 15.4 Å². The van der Waals surface area contributed by atoms with E-state index in [0.717, 1.165) is 22.6 Å². The second-order valence-corrected chi connectivity index (χ2v) is 3.69. The molecule has 16 heavy (non-hydrogen) atoms. The highest BCUT2D eigenvalue weighted by atomic mass is 16.5. The van der Waals surface area contributed by atoms with Crippen molar-refractivity contribution < 1.29 is 9.53 Å². The predicted molar refractivity (Wildman–Crippen MR) is 64.9 cm³/mol. The molecule has 0 saturated heterocycles. The monoisotopic (exact) mass is 222 g/mol. The van der Waals surface area contributed by atoms with E-state index in [1.165, 1.54) is 0 Å². The molecule has 88 valence electrons. The molecule has 4 heteroatoms. The van der Waals surface area contributed by atoms with E-state index in [4.69, 9.17) is 10.5 Å². The van der Waals surface area contributed by atoms with Crippen molar-refractivity contribution in [2.75, 3.05) is 25.6 Å². The first-order valence-corrected chi connectivity index (χ1v) is 5.13. The van der Waals surface area contributed by atoms with E-state index >= 15 is 0 Å². The number of nitrogens with zero attached hydrogens (tertiary/aromatic N) is 1. The van der Waals surface area contributed by atoms with Gasteiger partial charge in [0.05, 0.1) is 13.7 Å². The fourth-order valence-corrected chi connectivity index (χ4v) is 1.64. The van der Waals surface area contributed by atoms with Gasteiger partial charge in [-0.3, -0.25) is 4.79 Å². The van der Waals surface area contributed by atoms with Crippen LogP contribution in [0.1, 0.15) is 11.1 Å². The summed E-state index contributed by atoms with van der Waals surface area (Å²) < 4.78 is 5.22. The first kappa shape index (κ1) is 12.5. The molecule has 0 unspecified atom stereocenters. The molecule has 0 saturated carbocycles. The molecule has 0 spiro atoms. The Labute approximate surface area is 96.0 Å². The molecular weight excluding hydrogens is 204 g/mol. The molecule has 4 nitrogen and oxygen atoms in total. The molecule has 0 heterocycles. The Balaban J connectivity index is 3.17. The quantitative estimate of drug-likeness (QED) is 0.837. The maximum Gasteiger partial charge on any atom is 0.240 e. The molecule has 1 amide bonds. The third kappa shape index (κ3) is 2.17. The van der Waals surface area contributed by atoms with E-state index < -0.39 is 0 Å². The summed E-state index contributed by atoms with van der Waals surface area (Å²) in [5.41, 5.74) is 8.28. The number of anilines is 1. The molecule has 0 aromatic heterocycles. The highest BCUT2D eigenvalue weighted by Gasteiger charge is 2.14. The van der Waals surface area contributed by atoms with Crippen molar-refractivity contribution in [2.45, 2.75) is 13.8 Å². The van der Waals surface area contributed by atoms with Crippen LogP contribution in [0.4, 0.5) is 5.69 Å². The van der Waals surface area contributed by atoms with E-state index in [2.05, 4.69) is 0 Å². The number of hydrogen-bond donors (Lipinski definition) is 1. The second kappa shape index (κ2) is 4.99. The average Bonchev–Trinajstić information content (AvgIpc) is 2.30. The number of benzene rings is 1. The lowest BCUT2D eigenvalue weighted by molar-refractivity contribution is -0.117. The lowest BCUT2D eigenvalue weighted by Gasteiger charge is -2.21. The summed E-state index contributed by atoms with van der Waals surface area (Å²) in [7, 11) is 3.36. The summed E-state index contributed by atoms with van der Waals surface area (Å²) in [4.78, 5) is 13.1. The molecule has 0 bridgehead atoms. The van der Waals surface area contributed by atoms with Crippen molar-refractivity contribution >= 4 is 11.6 Å². The third-order valence-electron chi connectivity index (χ3n) is 2.84. The van der Waals surface area contributed by atoms with Crippen LogP contribution in [0.2, 0.25) is 0 Å². The summed E-state index contributed by atoms with van der Waals surface area (Å²) in [5, 5.41) is 0. The zero-order valence-corrected chi connectivity index (χ0v) is 10.2. The van der Waals surface area contributed by atoms with Crippen molar-refractivity contribution in [3.05, 3.63) is 23.3 Å². The van der Waals surface area contributed by atoms with Crippen LogP contribution < -0.4 is 15.4 Å². The van der Waals surface area contributed by atoms with E-state index in [1.54, 1.807) is 19.1 Å². The lowest BCUT2D eigenvalue weighted by atomic mass is 10.1. The number of hydrogen-bond acceptors (Lipinski definition) is 3. The van der Waals surface area contributed by atoms with Gasteiger partial charge in [-0.15, -0.1) is 0 Å². The van der Waals surface area contributed by atoms with Gasteiger partial charge in [-0.05, 0) is 37.1 Å². The number of likely N-dealkylation sites (N-methyl/N-ethyl adjacent to an activating group) is 1. The van der Waals surface area contributed by atoms with E-state index in [9.17, 15) is 4.79 Å². The van der Waals surface area contributed by atoms with Crippen LogP contribution in [0.3, 0.4) is 0 Å². The number of nitrogens with two attached hydrogens (primary N) is 1. The van der Waals surface area contributed by atoms with Gasteiger partial charge in [-0.2, -0.15) is 0 Å². The first-order chi connectivity index (χ1) is 7.52. The summed E-state index contributed by atoms with van der Waals surface area (Å²) in [5.74, 6) is 0.725. The van der Waals surface area contributed by atoms with Crippen LogP contribution in [0, 0.1) is 13.8 Å². The van der Waals surface area contributed by atoms with Gasteiger partial charge in [-0.25, -0.2) is 0 Å². The van der Waals surface area contributed by atoms with Gasteiger partial charge in [0.25, 0.3) is 0 Å². The van der Waals surface area contributed by atoms with Crippen LogP contribution in [0.5, 0.6) is 5.75 Å². The van der Waals surface area contributed by atoms with Crippen molar-refractivity contribution in [1.29, 1.82) is 0 Å². The van der Waals surface area contributed by atoms with E-state index in [-0.39, 0.29) is 12.5 Å². The Hall–Kier alpha value is -1.55. The fraction of sp³-hybridized carbons (Fsp3) is 0.417. The van der Waals surface area contributed by atoms with Crippen LogP contribution in [-0.2, 0) is 4.79 Å². The summed E-state index contributed by atoms with van der Waals surface area (Å²) in [6.45, 7) is 3.95. The van der Waals surface area contributed by atoms with Crippen molar-refractivity contribution in [2.24, 2.45) is 5.73 Å². The molecular formula is C12H18N2O2. The molecule has 0 aliphatic heterocycles. The highest BCUT2D eigenvalue weighted by Crippen LogP contribution is 2.29. The molecule has 2 N–H and O–H groups in total. The smallest absolute Gasteiger partial charge is 0.240 e. The topological polar surface area (TPSA) is 55.6 Å². The normalized spacial score (nSPS) is 10.1. The van der Waals surface area contributed by atoms with Gasteiger partial charge in [0.1, 0.15) is 5.75 Å². The molecule has 0 atom stereocenters. The summed E-state index contributed by atoms with van der Waals surface area (Å²) in [6, 6.07) is 3.73. The maximum absolute atomic E-state index is 11.5. The van der Waals surface area contributed by atoms with Gasteiger partial charge in [0.15, 0.2) is 0 Å². The first-order valence-electron chi connectivity index (χ1n) is 5.13. The van der Waals surface area contributed by atoms with Crippen LogP contribution >= 0.6 is 0 Å². The van der Waals surface area contributed by atoms with Gasteiger partial charge in [0.2, 0.25) is 5.91 Å². The third-order valence-corrected chi connectivity index (χ3v) is 2.84. The minimum Gasteiger partial charge on any atom is -0.496 e. The number of methoxy groups -OCH3 is 1. The molecule has 0 aliphatic carbocycles. The Morgan fingerprint density at radius 1 is 1.38 bits per heavy atom. The SMILES string of the molecule is COc1ccc(N(C)C(=O)CN)c(C)c1C. The van der Waals surface area contributed by atoms with Crippen molar-refractivity contribution in [1.82, 2.24) is 0 Å². The molecule has 0 aliphatic rings. The van der Waals surface area contributed by atoms with Crippen molar-refractivity contribution in [3.63, 3.8) is 0 Å². The number of amides is 1. The second-order valence-electron chi connectivity index (χ2n) is 3.69. The minimum atomic E-state index is -0.104. The fourth-order valence-electron chi connectivity index (χ4n) is 1.64. The Bertz CT molecular complexity index is 402. The molecule has 0 radical (unpaired) electrons. The molecule has 1 rings (SSSR count). The van der Waals surface area contributed by atoms with Gasteiger partial charge in [0, 0.05) is 12.7 Å². The van der Waals surface area contributed by atoms with Crippen LogP contribution in [-0.4, -0.2) is 26.6 Å². The number of ether oxygens (including phenoxy) is 1. The van der Waals surface area contributed by atoms with Gasteiger partial charge >= 0.3 is 0 Å². The molecule has 1 aromatic carbocycles. The van der Waals surface area contributed by atoms with Gasteiger partial charge in [-0.1, -0.05) is 0 Å². The Morgan fingerprint density at radius 2 is 2.00 bits per heavy atom. The van der Waals surface area contributed by atoms with E-state index in [1.807, 2.05) is 26.0 Å².